The van der Waals surface area contributed by atoms with E-state index in [1.165, 1.54) is 13.5 Å². The van der Waals surface area contributed by atoms with Crippen molar-refractivity contribution in [2.24, 2.45) is 5.92 Å². The van der Waals surface area contributed by atoms with Gasteiger partial charge in [0.25, 0.3) is 0 Å². The van der Waals surface area contributed by atoms with Gasteiger partial charge in [0.15, 0.2) is 0 Å². The van der Waals surface area contributed by atoms with Gasteiger partial charge >= 0.3 is 5.97 Å². The smallest absolute Gasteiger partial charge is 0.326 e. The third-order valence-corrected chi connectivity index (χ3v) is 5.29. The first kappa shape index (κ1) is 16.7. The summed E-state index contributed by atoms with van der Waals surface area (Å²) in [5, 5.41) is 3.24. The number of hydrogen-bond acceptors (Lipinski definition) is 5. The van der Waals surface area contributed by atoms with Crippen LogP contribution in [-0.4, -0.2) is 63.4 Å². The number of ether oxygens (including phenoxy) is 2. The fraction of sp³-hybridized carbons (Fsp3) is 0.938. The largest absolute Gasteiger partial charge is 0.468 e. The molecule has 0 radical (unpaired) electrons. The molecule has 0 aromatic carbocycles. The molecule has 122 valence electrons. The molecule has 1 saturated carbocycles. The first-order valence-electron chi connectivity index (χ1n) is 8.16. The Kier molecular flexibility index (Phi) is 6.02. The van der Waals surface area contributed by atoms with Crippen LogP contribution in [-0.2, 0) is 14.3 Å². The molecule has 5 heteroatoms. The molecule has 2 rings (SSSR count). The van der Waals surface area contributed by atoms with E-state index in [0.29, 0.717) is 6.04 Å². The van der Waals surface area contributed by atoms with Gasteiger partial charge in [-0.1, -0.05) is 0 Å². The van der Waals surface area contributed by atoms with Gasteiger partial charge in [0.05, 0.1) is 7.11 Å². The van der Waals surface area contributed by atoms with E-state index in [4.69, 9.17) is 9.47 Å². The molecular formula is C16H30N2O3. The molecule has 0 amide bonds. The average Bonchev–Trinajstić information content (AvgIpc) is 2.55. The molecule has 0 aromatic rings. The highest BCUT2D eigenvalue weighted by atomic mass is 16.5. The maximum Gasteiger partial charge on any atom is 0.326 e. The van der Waals surface area contributed by atoms with Crippen molar-refractivity contribution in [3.05, 3.63) is 0 Å². The van der Waals surface area contributed by atoms with Gasteiger partial charge in [0.2, 0.25) is 0 Å². The molecule has 1 saturated heterocycles. The quantitative estimate of drug-likeness (QED) is 0.778. The number of hydrogen-bond donors (Lipinski definition) is 1. The van der Waals surface area contributed by atoms with Crippen LogP contribution in [0.15, 0.2) is 0 Å². The van der Waals surface area contributed by atoms with E-state index in [-0.39, 0.29) is 5.97 Å². The number of carbonyl (C=O) groups is 1. The van der Waals surface area contributed by atoms with Gasteiger partial charge in [-0.3, -0.25) is 4.79 Å². The fourth-order valence-corrected chi connectivity index (χ4v) is 3.82. The summed E-state index contributed by atoms with van der Waals surface area (Å²) in [5.74, 6) is 0.613. The van der Waals surface area contributed by atoms with Crippen molar-refractivity contribution >= 4 is 5.97 Å². The van der Waals surface area contributed by atoms with E-state index in [0.717, 1.165) is 57.8 Å². The van der Waals surface area contributed by atoms with Crippen molar-refractivity contribution in [3.63, 3.8) is 0 Å². The highest BCUT2D eigenvalue weighted by Crippen LogP contribution is 2.32. The van der Waals surface area contributed by atoms with Crippen LogP contribution in [0.2, 0.25) is 0 Å². The van der Waals surface area contributed by atoms with Crippen LogP contribution >= 0.6 is 0 Å². The Balaban J connectivity index is 1.94. The lowest BCUT2D eigenvalue weighted by Crippen LogP contribution is -2.57. The Morgan fingerprint density at radius 3 is 2.71 bits per heavy atom. The summed E-state index contributed by atoms with van der Waals surface area (Å²) < 4.78 is 10.5. The molecule has 2 aliphatic rings. The predicted molar refractivity (Wildman–Crippen MR) is 82.2 cm³/mol. The lowest BCUT2D eigenvalue weighted by Gasteiger charge is -2.42. The Morgan fingerprint density at radius 1 is 1.38 bits per heavy atom. The number of nitrogens with one attached hydrogen (secondary N) is 1. The molecule has 5 nitrogen and oxygen atoms in total. The molecule has 0 aromatic heterocycles. The van der Waals surface area contributed by atoms with Crippen molar-refractivity contribution in [1.82, 2.24) is 10.2 Å². The van der Waals surface area contributed by atoms with Gasteiger partial charge in [0.1, 0.15) is 5.54 Å². The fourth-order valence-electron chi connectivity index (χ4n) is 3.82. The minimum absolute atomic E-state index is 0.117. The number of esters is 1. The van der Waals surface area contributed by atoms with Crippen molar-refractivity contribution in [2.45, 2.75) is 50.1 Å². The molecule has 2 atom stereocenters. The number of likely N-dealkylation sites (N-methyl/N-ethyl adjacent to an activating group) is 1. The van der Waals surface area contributed by atoms with Crippen molar-refractivity contribution in [2.75, 3.05) is 41.0 Å². The Labute approximate surface area is 128 Å². The molecule has 21 heavy (non-hydrogen) atoms. The van der Waals surface area contributed by atoms with Crippen LogP contribution in [0.4, 0.5) is 0 Å². The highest BCUT2D eigenvalue weighted by molar-refractivity contribution is 5.81. The molecule has 1 heterocycles. The number of carbonyl (C=O) groups excluding carboxylic acids is 1. The van der Waals surface area contributed by atoms with Gasteiger partial charge in [-0.05, 0) is 58.5 Å². The number of nitrogens with zero attached hydrogens (tertiary/aromatic N) is 1. The molecular weight excluding hydrogens is 268 g/mol. The SMILES string of the molecule is CNC1(C(=O)OC)CCCC(N(C)CC2CCOCC2)C1. The average molecular weight is 298 g/mol. The molecule has 2 fully saturated rings. The van der Waals surface area contributed by atoms with E-state index < -0.39 is 5.54 Å². The minimum Gasteiger partial charge on any atom is -0.468 e. The maximum absolute atomic E-state index is 12.2. The van der Waals surface area contributed by atoms with E-state index in [9.17, 15) is 4.79 Å². The molecule has 2 unspecified atom stereocenters. The zero-order valence-corrected chi connectivity index (χ0v) is 13.7. The van der Waals surface area contributed by atoms with E-state index >= 15 is 0 Å². The Morgan fingerprint density at radius 2 is 2.10 bits per heavy atom. The minimum atomic E-state index is -0.498. The Hall–Kier alpha value is -0.650. The van der Waals surface area contributed by atoms with Crippen LogP contribution in [0.5, 0.6) is 0 Å². The van der Waals surface area contributed by atoms with Crippen molar-refractivity contribution in [3.8, 4) is 0 Å². The van der Waals surface area contributed by atoms with Crippen LogP contribution in [0.25, 0.3) is 0 Å². The van der Waals surface area contributed by atoms with Crippen LogP contribution in [0, 0.1) is 5.92 Å². The van der Waals surface area contributed by atoms with Gasteiger partial charge < -0.3 is 19.7 Å². The molecule has 0 bridgehead atoms. The van der Waals surface area contributed by atoms with E-state index in [1.54, 1.807) is 0 Å². The standard InChI is InChI=1S/C16H30N2O3/c1-17-16(15(19)20-3)8-4-5-14(11-16)18(2)12-13-6-9-21-10-7-13/h13-14,17H,4-12H2,1-3H3. The lowest BCUT2D eigenvalue weighted by atomic mass is 9.78. The molecule has 1 aliphatic carbocycles. The third-order valence-electron chi connectivity index (χ3n) is 5.29. The normalized spacial score (nSPS) is 31.3. The zero-order chi connectivity index (χ0) is 15.3. The van der Waals surface area contributed by atoms with Crippen molar-refractivity contribution in [1.29, 1.82) is 0 Å². The predicted octanol–water partition coefficient (Wildman–Crippen LogP) is 1.42. The molecule has 0 spiro atoms. The summed E-state index contributed by atoms with van der Waals surface area (Å²) >= 11 is 0. The summed E-state index contributed by atoms with van der Waals surface area (Å²) in [4.78, 5) is 14.6. The second-order valence-electron chi connectivity index (χ2n) is 6.57. The maximum atomic E-state index is 12.2. The second-order valence-corrected chi connectivity index (χ2v) is 6.57. The Bertz CT molecular complexity index is 344. The van der Waals surface area contributed by atoms with Crippen molar-refractivity contribution < 1.29 is 14.3 Å². The summed E-state index contributed by atoms with van der Waals surface area (Å²) in [7, 11) is 5.55. The molecule has 1 N–H and O–H groups in total. The summed E-state index contributed by atoms with van der Waals surface area (Å²) in [6, 6.07) is 0.452. The number of methoxy groups -OCH3 is 1. The summed E-state index contributed by atoms with van der Waals surface area (Å²) in [6.07, 6.45) is 6.27. The van der Waals surface area contributed by atoms with Gasteiger partial charge in [-0.2, -0.15) is 0 Å². The van der Waals surface area contributed by atoms with Gasteiger partial charge in [-0.25, -0.2) is 0 Å². The summed E-state index contributed by atoms with van der Waals surface area (Å²) in [6.45, 7) is 2.90. The van der Waals surface area contributed by atoms with Crippen LogP contribution < -0.4 is 5.32 Å². The monoisotopic (exact) mass is 298 g/mol. The van der Waals surface area contributed by atoms with E-state index in [1.807, 2.05) is 7.05 Å². The zero-order valence-electron chi connectivity index (χ0n) is 13.7. The first-order valence-corrected chi connectivity index (χ1v) is 8.16. The second kappa shape index (κ2) is 7.56. The van der Waals surface area contributed by atoms with E-state index in [2.05, 4.69) is 17.3 Å². The number of rotatable bonds is 5. The lowest BCUT2D eigenvalue weighted by molar-refractivity contribution is -0.151. The van der Waals surface area contributed by atoms with Crippen LogP contribution in [0.3, 0.4) is 0 Å². The van der Waals surface area contributed by atoms with Crippen LogP contribution in [0.1, 0.15) is 38.5 Å². The highest BCUT2D eigenvalue weighted by Gasteiger charge is 2.43. The first-order chi connectivity index (χ1) is 10.1. The molecule has 1 aliphatic heterocycles. The summed E-state index contributed by atoms with van der Waals surface area (Å²) in [5.41, 5.74) is -0.498. The van der Waals surface area contributed by atoms with Gasteiger partial charge in [0, 0.05) is 25.8 Å². The third kappa shape index (κ3) is 3.96. The van der Waals surface area contributed by atoms with Gasteiger partial charge in [-0.15, -0.1) is 0 Å². The topological polar surface area (TPSA) is 50.8 Å².